The van der Waals surface area contributed by atoms with Crippen LogP contribution < -0.4 is 6.15 Å². The Morgan fingerprint density at radius 3 is 1.00 bits per heavy atom. The first-order valence-corrected chi connectivity index (χ1v) is 0. The molecule has 0 aliphatic heterocycles. The second-order valence-corrected chi connectivity index (χ2v) is 0. The van der Waals surface area contributed by atoms with Crippen molar-refractivity contribution in [2.75, 3.05) is 0 Å². The molecule has 0 saturated heterocycles. The van der Waals surface area contributed by atoms with Crippen molar-refractivity contribution in [2.45, 2.75) is 7.43 Å². The minimum atomic E-state index is 0. The minimum absolute atomic E-state index is 0. The van der Waals surface area contributed by atoms with Gasteiger partial charge >= 0.3 is 0 Å². The third kappa shape index (κ3) is 20.0. The maximum atomic E-state index is 0. The summed E-state index contributed by atoms with van der Waals surface area (Å²) in [5.74, 6) is 0. The van der Waals surface area contributed by atoms with Crippen LogP contribution in [0.2, 0.25) is 0 Å². The van der Waals surface area contributed by atoms with Gasteiger partial charge in [0.1, 0.15) is 0 Å². The Morgan fingerprint density at radius 1 is 1.00 bits per heavy atom. The van der Waals surface area contributed by atoms with Crippen LogP contribution in [0.15, 0.2) is 0 Å². The zero-order valence-corrected chi connectivity index (χ0v) is 0.707. The van der Waals surface area contributed by atoms with E-state index in [1.165, 1.54) is 0 Å². The van der Waals surface area contributed by atoms with Gasteiger partial charge in [-0.05, 0) is 0 Å². The molecule has 0 radical (unpaired) electrons. The van der Waals surface area contributed by atoms with Gasteiger partial charge in [0.25, 0.3) is 0 Å². The molecule has 3 N–H and O–H groups in total. The molecule has 0 atom stereocenters. The lowest BCUT2D eigenvalue weighted by Crippen LogP contribution is -0.481. The van der Waals surface area contributed by atoms with Gasteiger partial charge in [-0.2, -0.15) is 0 Å². The molecule has 0 aromatic rings. The maximum absolute atomic E-state index is 0. The van der Waals surface area contributed by atoms with Gasteiger partial charge in [-0.15, -0.1) is 0 Å². The van der Waals surface area contributed by atoms with Gasteiger partial charge < -0.3 is 6.15 Å². The van der Waals surface area contributed by atoms with E-state index >= 15 is 0 Å². The summed E-state index contributed by atoms with van der Waals surface area (Å²) in [5.41, 5.74) is 0. The van der Waals surface area contributed by atoms with Crippen LogP contribution in [0.25, 0.3) is 0 Å². The molecular weight excluding hydrogens is 63.8 g/mol. The Morgan fingerprint density at radius 2 is 1.00 bits per heavy atom. The van der Waals surface area contributed by atoms with Crippen LogP contribution in [-0.4, -0.2) is 25.8 Å². The van der Waals surface area contributed by atoms with Crippen LogP contribution >= 0.6 is 0 Å². The third-order valence-corrected chi connectivity index (χ3v) is 0. The molecule has 3 heteroatoms. The highest BCUT2D eigenvalue weighted by molar-refractivity contribution is 5.76. The summed E-state index contributed by atoms with van der Waals surface area (Å²) in [6.07, 6.45) is 0. The summed E-state index contributed by atoms with van der Waals surface area (Å²) in [7, 11) is 0. The van der Waals surface area contributed by atoms with Crippen LogP contribution in [0.3, 0.4) is 0 Å². The van der Waals surface area contributed by atoms with E-state index in [0.717, 1.165) is 0 Å². The third-order valence-electron chi connectivity index (χ3n) is 0. The fourth-order valence-electron chi connectivity index (χ4n) is 0. The normalized spacial score (nSPS) is 0. The second-order valence-electron chi connectivity index (χ2n) is 0. The molecule has 0 aromatic heterocycles. The molecule has 0 aliphatic carbocycles. The second kappa shape index (κ2) is 74.9. The van der Waals surface area contributed by atoms with E-state index in [-0.39, 0.29) is 39.4 Å². The number of hydrogen-bond donors (Lipinski definition) is 1. The Labute approximate surface area is 40.1 Å². The van der Waals surface area contributed by atoms with Gasteiger partial charge in [0.2, 0.25) is 0 Å². The topological polar surface area (TPSA) is 35.0 Å². The van der Waals surface area contributed by atoms with Crippen molar-refractivity contribution in [3.63, 3.8) is 0 Å². The van der Waals surface area contributed by atoms with Crippen molar-refractivity contribution >= 4 is 25.8 Å². The monoisotopic (exact) mass is 77.1 g/mol. The Hall–Kier alpha value is 0.557. The molecule has 1 nitrogen and oxygen atoms in total. The molecular formula is CH13AlBN. The molecule has 4 heavy (non-hydrogen) atoms. The molecule has 0 aromatic carbocycles. The number of rotatable bonds is 0. The highest BCUT2D eigenvalue weighted by atomic mass is 27.0. The fourth-order valence-corrected chi connectivity index (χ4v) is 0. The largest absolute Gasteiger partial charge is 0.344 e. The molecule has 28 valence electrons. The van der Waals surface area contributed by atoms with E-state index in [4.69, 9.17) is 0 Å². The Kier molecular flexibility index (Phi) is 3480. The summed E-state index contributed by atoms with van der Waals surface area (Å²) in [4.78, 5) is 0. The van der Waals surface area contributed by atoms with E-state index in [1.807, 2.05) is 0 Å². The molecule has 0 bridgehead atoms. The van der Waals surface area contributed by atoms with E-state index < -0.39 is 0 Å². The summed E-state index contributed by atoms with van der Waals surface area (Å²) < 4.78 is 0. The molecule has 0 amide bonds. The van der Waals surface area contributed by atoms with Crippen molar-refractivity contribution in [3.8, 4) is 0 Å². The molecule has 0 aliphatic rings. The summed E-state index contributed by atoms with van der Waals surface area (Å²) in [6.45, 7) is 0. The van der Waals surface area contributed by atoms with Crippen molar-refractivity contribution in [2.24, 2.45) is 0 Å². The zero-order chi connectivity index (χ0) is 0. The fraction of sp³-hybridized carbons (Fsp3) is 1.00. The van der Waals surface area contributed by atoms with Crippen LogP contribution in [0, 0.1) is 0 Å². The van der Waals surface area contributed by atoms with Gasteiger partial charge in [-0.25, -0.2) is 0 Å². The van der Waals surface area contributed by atoms with E-state index in [2.05, 4.69) is 0 Å². The smallest absolute Gasteiger partial charge is 0.187 e. The van der Waals surface area contributed by atoms with Gasteiger partial charge in [-0.3, -0.25) is 0 Å². The lowest BCUT2D eigenvalue weighted by atomic mass is 10.8. The van der Waals surface area contributed by atoms with Gasteiger partial charge in [-0.1, -0.05) is 7.43 Å². The number of hydrogen-bond acceptors (Lipinski definition) is 1. The van der Waals surface area contributed by atoms with Crippen molar-refractivity contribution < 1.29 is 0 Å². The summed E-state index contributed by atoms with van der Waals surface area (Å²) in [5, 5.41) is 0. The van der Waals surface area contributed by atoms with E-state index in [1.54, 1.807) is 0 Å². The summed E-state index contributed by atoms with van der Waals surface area (Å²) >= 11 is 0. The van der Waals surface area contributed by atoms with Crippen molar-refractivity contribution in [3.05, 3.63) is 0 Å². The first-order valence-electron chi connectivity index (χ1n) is 0. The van der Waals surface area contributed by atoms with Crippen molar-refractivity contribution in [1.29, 1.82) is 0 Å². The van der Waals surface area contributed by atoms with E-state index in [9.17, 15) is 0 Å². The average molecular weight is 76.9 g/mol. The quantitative estimate of drug-likeness (QED) is 0.348. The minimum Gasteiger partial charge on any atom is -0.344 e. The lowest BCUT2D eigenvalue weighted by Gasteiger charge is -0.344. The molecule has 0 heterocycles. The first kappa shape index (κ1) is 186. The van der Waals surface area contributed by atoms with Gasteiger partial charge in [0, 0.05) is 0 Å². The van der Waals surface area contributed by atoms with Crippen LogP contribution in [0.1, 0.15) is 7.43 Å². The highest BCUT2D eigenvalue weighted by Gasteiger charge is 0.187. The van der Waals surface area contributed by atoms with Gasteiger partial charge in [0.15, 0.2) is 17.4 Å². The molecule has 0 fully saturated rings. The molecule has 0 unspecified atom stereocenters. The predicted molar refractivity (Wildman–Crippen MR) is 31.6 cm³/mol. The van der Waals surface area contributed by atoms with Crippen LogP contribution in [0.4, 0.5) is 0 Å². The average Bonchev–Trinajstić information content (AvgIpc) is 0. The van der Waals surface area contributed by atoms with E-state index in [0.29, 0.717) is 0 Å². The molecule has 0 rings (SSSR count). The Bertz CT molecular complexity index is 8.00. The zero-order valence-electron chi connectivity index (χ0n) is 0.707. The SMILES string of the molecule is B.C.N.[AlH3]. The van der Waals surface area contributed by atoms with Gasteiger partial charge in [0.05, 0.1) is 8.41 Å². The van der Waals surface area contributed by atoms with Crippen molar-refractivity contribution in [1.82, 2.24) is 6.15 Å². The predicted octanol–water partition coefficient (Wildman–Crippen LogP) is -1.57. The molecule has 0 saturated carbocycles. The lowest BCUT2D eigenvalue weighted by molar-refractivity contribution is 2.13. The maximum Gasteiger partial charge on any atom is 0.187 e. The summed E-state index contributed by atoms with van der Waals surface area (Å²) in [6, 6.07) is 0. The molecule has 0 spiro atoms. The standard InChI is InChI=1S/CH4.Al.BH3.H3N.3H/h1H4;;2*1H3;;;. The Balaban J connectivity index is 0. The first-order chi connectivity index (χ1) is 0. The highest BCUT2D eigenvalue weighted by Crippen LogP contribution is 0.144. The van der Waals surface area contributed by atoms with Crippen LogP contribution in [-0.2, 0) is 0 Å². The van der Waals surface area contributed by atoms with Crippen LogP contribution in [0.5, 0.6) is 0 Å².